The fraction of sp³-hybridized carbons (Fsp3) is 0.909. The van der Waals surface area contributed by atoms with Gasteiger partial charge in [-0.3, -0.25) is 4.79 Å². The van der Waals surface area contributed by atoms with Gasteiger partial charge in [0, 0.05) is 13.1 Å². The Morgan fingerprint density at radius 2 is 1.94 bits per heavy atom. The number of carbonyl (C=O) groups is 1. The van der Waals surface area contributed by atoms with Gasteiger partial charge in [-0.1, -0.05) is 13.8 Å². The van der Waals surface area contributed by atoms with Gasteiger partial charge in [-0.15, -0.1) is 0 Å². The van der Waals surface area contributed by atoms with Crippen molar-refractivity contribution in [3.63, 3.8) is 0 Å². The smallest absolute Gasteiger partial charge is 0.237 e. The average Bonchev–Trinajstić information content (AvgIpc) is 2.23. The lowest BCUT2D eigenvalue weighted by Crippen LogP contribution is -2.53. The highest BCUT2D eigenvalue weighted by atomic mass is 16.3. The summed E-state index contributed by atoms with van der Waals surface area (Å²) in [5.74, 6) is -0.414. The summed E-state index contributed by atoms with van der Waals surface area (Å²) >= 11 is 0. The van der Waals surface area contributed by atoms with Crippen LogP contribution in [0.3, 0.4) is 0 Å². The van der Waals surface area contributed by atoms with Gasteiger partial charge in [0.25, 0.3) is 0 Å². The second-order valence-electron chi connectivity index (χ2n) is 4.51. The maximum absolute atomic E-state index is 11.0. The molecule has 0 aromatic carbocycles. The van der Waals surface area contributed by atoms with Crippen molar-refractivity contribution in [1.82, 2.24) is 10.2 Å². The molecule has 1 unspecified atom stereocenters. The molecule has 0 saturated carbocycles. The molecule has 0 radical (unpaired) electrons. The number of likely N-dealkylation sites (N-methyl/N-ethyl adjacent to an activating group) is 1. The Morgan fingerprint density at radius 3 is 2.31 bits per heavy atom. The molecule has 1 amide bonds. The summed E-state index contributed by atoms with van der Waals surface area (Å²) in [6.07, 6.45) is -0.487. The summed E-state index contributed by atoms with van der Waals surface area (Å²) in [4.78, 5) is 13.2. The van der Waals surface area contributed by atoms with Crippen molar-refractivity contribution in [2.45, 2.75) is 39.3 Å². The van der Waals surface area contributed by atoms with E-state index >= 15 is 0 Å². The summed E-state index contributed by atoms with van der Waals surface area (Å²) in [6, 6.07) is 0. The molecule has 1 atom stereocenters. The number of rotatable bonds is 8. The molecule has 0 aliphatic rings. The van der Waals surface area contributed by atoms with Crippen LogP contribution < -0.4 is 11.1 Å². The van der Waals surface area contributed by atoms with Crippen molar-refractivity contribution in [2.75, 3.05) is 26.2 Å². The van der Waals surface area contributed by atoms with Crippen molar-refractivity contribution in [3.05, 3.63) is 0 Å². The molecule has 0 saturated heterocycles. The second-order valence-corrected chi connectivity index (χ2v) is 4.51. The van der Waals surface area contributed by atoms with Crippen LogP contribution >= 0.6 is 0 Å². The van der Waals surface area contributed by atoms with E-state index in [0.717, 1.165) is 13.1 Å². The fourth-order valence-corrected chi connectivity index (χ4v) is 1.30. The van der Waals surface area contributed by atoms with Crippen LogP contribution in [0.5, 0.6) is 0 Å². The first-order valence-corrected chi connectivity index (χ1v) is 5.78. The van der Waals surface area contributed by atoms with Gasteiger partial charge >= 0.3 is 0 Å². The van der Waals surface area contributed by atoms with Gasteiger partial charge in [-0.2, -0.15) is 0 Å². The lowest BCUT2D eigenvalue weighted by molar-refractivity contribution is -0.123. The quantitative estimate of drug-likeness (QED) is 0.528. The van der Waals surface area contributed by atoms with Gasteiger partial charge in [0.1, 0.15) is 0 Å². The zero-order valence-corrected chi connectivity index (χ0v) is 10.8. The van der Waals surface area contributed by atoms with Crippen LogP contribution in [0, 0.1) is 0 Å². The van der Waals surface area contributed by atoms with Gasteiger partial charge in [0.2, 0.25) is 5.91 Å². The summed E-state index contributed by atoms with van der Waals surface area (Å²) in [6.45, 7) is 10.3. The van der Waals surface area contributed by atoms with Crippen LogP contribution in [0.4, 0.5) is 0 Å². The van der Waals surface area contributed by atoms with Crippen LogP contribution in [0.1, 0.15) is 27.7 Å². The molecule has 0 aliphatic heterocycles. The fourth-order valence-electron chi connectivity index (χ4n) is 1.30. The second kappa shape index (κ2) is 6.83. The highest BCUT2D eigenvalue weighted by Gasteiger charge is 2.24. The Kier molecular flexibility index (Phi) is 6.55. The molecule has 0 rings (SSSR count). The number of amides is 1. The number of aliphatic hydroxyl groups excluding tert-OH is 1. The number of β-amino-alcohol motifs (C(OH)–C–C–N with tert-alkyl or cyclic N) is 1. The minimum Gasteiger partial charge on any atom is -0.390 e. The van der Waals surface area contributed by atoms with Crippen molar-refractivity contribution in [2.24, 2.45) is 5.73 Å². The number of nitrogens with one attached hydrogen (secondary N) is 1. The van der Waals surface area contributed by atoms with Gasteiger partial charge in [0.05, 0.1) is 11.6 Å². The van der Waals surface area contributed by atoms with E-state index < -0.39 is 17.6 Å². The predicted octanol–water partition coefficient (Wildman–Crippen LogP) is -0.457. The largest absolute Gasteiger partial charge is 0.390 e. The monoisotopic (exact) mass is 231 g/mol. The predicted molar refractivity (Wildman–Crippen MR) is 65.1 cm³/mol. The number of nitrogens with zero attached hydrogens (tertiary/aromatic N) is 1. The molecule has 0 aliphatic carbocycles. The van der Waals surface area contributed by atoms with E-state index in [0.29, 0.717) is 13.1 Å². The molecule has 5 nitrogen and oxygen atoms in total. The normalized spacial score (nSPS) is 14.1. The first kappa shape index (κ1) is 15.3. The molecule has 0 heterocycles. The van der Waals surface area contributed by atoms with Crippen molar-refractivity contribution in [3.8, 4) is 0 Å². The zero-order valence-electron chi connectivity index (χ0n) is 10.8. The Morgan fingerprint density at radius 1 is 1.44 bits per heavy atom. The summed E-state index contributed by atoms with van der Waals surface area (Å²) in [5, 5.41) is 12.7. The van der Waals surface area contributed by atoms with Crippen molar-refractivity contribution in [1.29, 1.82) is 0 Å². The third-order valence-electron chi connectivity index (χ3n) is 2.76. The number of hydrogen-bond acceptors (Lipinski definition) is 4. The molecular formula is C11H25N3O2. The van der Waals surface area contributed by atoms with Crippen LogP contribution in [-0.4, -0.2) is 53.7 Å². The SMILES string of the molecule is CCN(CC)CC(O)CNC(C)(C)C(N)=O. The molecule has 0 aromatic heterocycles. The molecule has 96 valence electrons. The Bertz CT molecular complexity index is 215. The molecule has 0 aromatic rings. The average molecular weight is 231 g/mol. The summed E-state index contributed by atoms with van der Waals surface area (Å²) in [7, 11) is 0. The van der Waals surface area contributed by atoms with Crippen molar-refractivity contribution >= 4 is 5.91 Å². The van der Waals surface area contributed by atoms with Gasteiger partial charge in [0.15, 0.2) is 0 Å². The molecule has 0 spiro atoms. The van der Waals surface area contributed by atoms with E-state index in [-0.39, 0.29) is 0 Å². The van der Waals surface area contributed by atoms with E-state index in [9.17, 15) is 9.90 Å². The van der Waals surface area contributed by atoms with E-state index in [4.69, 9.17) is 5.73 Å². The Balaban J connectivity index is 3.98. The standard InChI is InChI=1S/C11H25N3O2/c1-5-14(6-2)8-9(15)7-13-11(3,4)10(12)16/h9,13,15H,5-8H2,1-4H3,(H2,12,16). The van der Waals surface area contributed by atoms with Gasteiger partial charge in [-0.25, -0.2) is 0 Å². The summed E-state index contributed by atoms with van der Waals surface area (Å²) in [5.41, 5.74) is 4.44. The van der Waals surface area contributed by atoms with E-state index in [1.807, 2.05) is 0 Å². The van der Waals surface area contributed by atoms with E-state index in [2.05, 4.69) is 24.1 Å². The van der Waals surface area contributed by atoms with Crippen LogP contribution in [-0.2, 0) is 4.79 Å². The lowest BCUT2D eigenvalue weighted by Gasteiger charge is -2.26. The lowest BCUT2D eigenvalue weighted by atomic mass is 10.0. The first-order valence-electron chi connectivity index (χ1n) is 5.78. The van der Waals surface area contributed by atoms with E-state index in [1.165, 1.54) is 0 Å². The van der Waals surface area contributed by atoms with E-state index in [1.54, 1.807) is 13.8 Å². The maximum Gasteiger partial charge on any atom is 0.237 e. The zero-order chi connectivity index (χ0) is 12.8. The topological polar surface area (TPSA) is 78.6 Å². The molecular weight excluding hydrogens is 206 g/mol. The molecule has 0 fully saturated rings. The number of nitrogens with two attached hydrogens (primary N) is 1. The van der Waals surface area contributed by atoms with Crippen LogP contribution in [0.15, 0.2) is 0 Å². The molecule has 5 heteroatoms. The third kappa shape index (κ3) is 5.44. The van der Waals surface area contributed by atoms with Crippen LogP contribution in [0.25, 0.3) is 0 Å². The summed E-state index contributed by atoms with van der Waals surface area (Å²) < 4.78 is 0. The minimum absolute atomic E-state index is 0.368. The molecule has 16 heavy (non-hydrogen) atoms. The highest BCUT2D eigenvalue weighted by Crippen LogP contribution is 2.00. The number of carbonyl (C=O) groups excluding carboxylic acids is 1. The van der Waals surface area contributed by atoms with Gasteiger partial charge in [-0.05, 0) is 26.9 Å². The maximum atomic E-state index is 11.0. The number of hydrogen-bond donors (Lipinski definition) is 3. The first-order chi connectivity index (χ1) is 7.33. The highest BCUT2D eigenvalue weighted by molar-refractivity contribution is 5.83. The number of aliphatic hydroxyl groups is 1. The van der Waals surface area contributed by atoms with Gasteiger partial charge < -0.3 is 21.1 Å². The van der Waals surface area contributed by atoms with Crippen molar-refractivity contribution < 1.29 is 9.90 Å². The molecule has 0 bridgehead atoms. The minimum atomic E-state index is -0.774. The Labute approximate surface area is 98.0 Å². The molecule has 4 N–H and O–H groups in total. The van der Waals surface area contributed by atoms with Crippen LogP contribution in [0.2, 0.25) is 0 Å². The third-order valence-corrected chi connectivity index (χ3v) is 2.76. The number of primary amides is 1. The Hall–Kier alpha value is -0.650.